The lowest BCUT2D eigenvalue weighted by Gasteiger charge is -2.34. The molecule has 0 amide bonds. The normalized spacial score (nSPS) is 21.3. The van der Waals surface area contributed by atoms with Crippen LogP contribution in [-0.4, -0.2) is 52.1 Å². The Bertz CT molecular complexity index is 885. The first-order valence-corrected chi connectivity index (χ1v) is 11.3. The number of rotatable bonds is 5. The van der Waals surface area contributed by atoms with Crippen molar-refractivity contribution in [1.82, 2.24) is 14.7 Å². The zero-order valence-corrected chi connectivity index (χ0v) is 18.2. The third-order valence-electron chi connectivity index (χ3n) is 6.52. The first-order chi connectivity index (χ1) is 14.5. The van der Waals surface area contributed by atoms with Crippen molar-refractivity contribution in [2.24, 2.45) is 0 Å². The van der Waals surface area contributed by atoms with Gasteiger partial charge >= 0.3 is 0 Å². The van der Waals surface area contributed by atoms with Crippen LogP contribution in [0.4, 0.5) is 5.69 Å². The lowest BCUT2D eigenvalue weighted by atomic mass is 10.0. The van der Waals surface area contributed by atoms with Crippen LogP contribution in [0, 0.1) is 0 Å². The number of piperidine rings is 2. The molecule has 1 atom stereocenters. The number of anilines is 1. The molecular weight excluding hydrogens is 376 g/mol. The fraction of sp³-hybridized carbons (Fsp3) is 0.583. The van der Waals surface area contributed by atoms with E-state index in [2.05, 4.69) is 53.0 Å². The molecule has 3 heterocycles. The minimum absolute atomic E-state index is 0.0215. The smallest absolute Gasteiger partial charge is 0.269 e. The fourth-order valence-electron chi connectivity index (χ4n) is 4.62. The highest BCUT2D eigenvalue weighted by atomic mass is 16.3. The molecule has 1 aromatic heterocycles. The van der Waals surface area contributed by atoms with Crippen molar-refractivity contribution < 1.29 is 5.11 Å². The highest BCUT2D eigenvalue weighted by molar-refractivity contribution is 5.43. The number of hydrogen-bond acceptors (Lipinski definition) is 5. The third kappa shape index (κ3) is 4.93. The number of aliphatic hydroxyl groups is 1. The Morgan fingerprint density at radius 1 is 1.10 bits per heavy atom. The molecule has 162 valence electrons. The van der Waals surface area contributed by atoms with Crippen molar-refractivity contribution in [2.45, 2.75) is 64.1 Å². The molecular formula is C24H34N4O2. The molecule has 0 bridgehead atoms. The van der Waals surface area contributed by atoms with E-state index in [1.165, 1.54) is 11.1 Å². The summed E-state index contributed by atoms with van der Waals surface area (Å²) in [6, 6.07) is 10.8. The fourth-order valence-corrected chi connectivity index (χ4v) is 4.62. The second kappa shape index (κ2) is 9.31. The maximum Gasteiger partial charge on any atom is 0.269 e. The van der Waals surface area contributed by atoms with Gasteiger partial charge in [0, 0.05) is 32.2 Å². The van der Waals surface area contributed by atoms with Gasteiger partial charge in [0.2, 0.25) is 0 Å². The Balaban J connectivity index is 1.41. The minimum atomic E-state index is -0.218. The molecule has 2 saturated heterocycles. The molecule has 2 aliphatic heterocycles. The molecule has 1 unspecified atom stereocenters. The predicted octanol–water partition coefficient (Wildman–Crippen LogP) is 3.16. The highest BCUT2D eigenvalue weighted by Crippen LogP contribution is 2.23. The molecule has 0 spiro atoms. The third-order valence-corrected chi connectivity index (χ3v) is 6.52. The summed E-state index contributed by atoms with van der Waals surface area (Å²) in [7, 11) is 0. The zero-order chi connectivity index (χ0) is 21.1. The number of aromatic nitrogens is 2. The summed E-state index contributed by atoms with van der Waals surface area (Å²) in [4.78, 5) is 17.4. The second-order valence-electron chi connectivity index (χ2n) is 9.14. The molecule has 2 fully saturated rings. The summed E-state index contributed by atoms with van der Waals surface area (Å²) < 4.78 is 1.68. The molecule has 6 nitrogen and oxygen atoms in total. The molecule has 30 heavy (non-hydrogen) atoms. The van der Waals surface area contributed by atoms with Gasteiger partial charge in [0.15, 0.2) is 0 Å². The van der Waals surface area contributed by atoms with E-state index in [4.69, 9.17) is 0 Å². The van der Waals surface area contributed by atoms with Crippen molar-refractivity contribution >= 4 is 5.69 Å². The Morgan fingerprint density at radius 2 is 1.83 bits per heavy atom. The van der Waals surface area contributed by atoms with Crippen LogP contribution in [0.1, 0.15) is 62.6 Å². The quantitative estimate of drug-likeness (QED) is 0.820. The van der Waals surface area contributed by atoms with Gasteiger partial charge in [-0.15, -0.1) is 0 Å². The summed E-state index contributed by atoms with van der Waals surface area (Å²) in [5, 5.41) is 14.2. The van der Waals surface area contributed by atoms with Gasteiger partial charge in [0.25, 0.3) is 5.56 Å². The Labute approximate surface area is 179 Å². The summed E-state index contributed by atoms with van der Waals surface area (Å²) in [5.74, 6) is 0.550. The summed E-state index contributed by atoms with van der Waals surface area (Å²) in [6.45, 7) is 8.82. The van der Waals surface area contributed by atoms with E-state index < -0.39 is 0 Å². The van der Waals surface area contributed by atoms with Crippen LogP contribution in [0.5, 0.6) is 0 Å². The van der Waals surface area contributed by atoms with Crippen LogP contribution < -0.4 is 10.5 Å². The van der Waals surface area contributed by atoms with Gasteiger partial charge in [-0.05, 0) is 49.3 Å². The van der Waals surface area contributed by atoms with E-state index in [9.17, 15) is 9.90 Å². The first kappa shape index (κ1) is 21.1. The van der Waals surface area contributed by atoms with Gasteiger partial charge in [-0.25, -0.2) is 4.68 Å². The van der Waals surface area contributed by atoms with Crippen molar-refractivity contribution in [2.75, 3.05) is 31.1 Å². The Hall–Kier alpha value is -2.18. The predicted molar refractivity (Wildman–Crippen MR) is 120 cm³/mol. The molecule has 0 aliphatic carbocycles. The molecule has 6 heteroatoms. The number of aliphatic hydroxyl groups excluding tert-OH is 1. The SMILES string of the molecule is CC(C)c1ccc(CN2CCCC(n3ncc(N4CCC(O)CC4)cc3=O)C2)cc1. The minimum Gasteiger partial charge on any atom is -0.393 e. The summed E-state index contributed by atoms with van der Waals surface area (Å²) >= 11 is 0. The lowest BCUT2D eigenvalue weighted by Crippen LogP contribution is -2.41. The first-order valence-electron chi connectivity index (χ1n) is 11.3. The van der Waals surface area contributed by atoms with Crippen LogP contribution in [0.2, 0.25) is 0 Å². The maximum atomic E-state index is 12.8. The average molecular weight is 411 g/mol. The molecule has 4 rings (SSSR count). The van der Waals surface area contributed by atoms with Crippen LogP contribution in [0.3, 0.4) is 0 Å². The standard InChI is InChI=1S/C24H34N4O2/c1-18(2)20-7-5-19(6-8-20)16-26-11-3-4-21(17-26)28-24(30)14-22(15-25-28)27-12-9-23(29)10-13-27/h5-8,14-15,18,21,23,29H,3-4,9-13,16-17H2,1-2H3. The molecule has 0 radical (unpaired) electrons. The molecule has 2 aliphatic rings. The number of nitrogens with zero attached hydrogens (tertiary/aromatic N) is 4. The van der Waals surface area contributed by atoms with Crippen molar-refractivity contribution in [3.05, 3.63) is 58.0 Å². The number of benzene rings is 1. The molecule has 0 saturated carbocycles. The average Bonchev–Trinajstić information content (AvgIpc) is 2.75. The monoisotopic (exact) mass is 410 g/mol. The zero-order valence-electron chi connectivity index (χ0n) is 18.2. The molecule has 1 N–H and O–H groups in total. The Morgan fingerprint density at radius 3 is 2.50 bits per heavy atom. The molecule has 1 aromatic carbocycles. The largest absolute Gasteiger partial charge is 0.393 e. The van der Waals surface area contributed by atoms with E-state index in [-0.39, 0.29) is 17.7 Å². The number of hydrogen-bond donors (Lipinski definition) is 1. The van der Waals surface area contributed by atoms with E-state index in [0.29, 0.717) is 5.92 Å². The van der Waals surface area contributed by atoms with E-state index in [1.807, 2.05) is 6.20 Å². The van der Waals surface area contributed by atoms with Gasteiger partial charge in [-0.1, -0.05) is 38.1 Å². The summed E-state index contributed by atoms with van der Waals surface area (Å²) in [6.07, 6.45) is 5.17. The van der Waals surface area contributed by atoms with Crippen LogP contribution in [-0.2, 0) is 6.54 Å². The van der Waals surface area contributed by atoms with E-state index in [1.54, 1.807) is 10.7 Å². The van der Waals surface area contributed by atoms with E-state index in [0.717, 1.165) is 64.1 Å². The lowest BCUT2D eigenvalue weighted by molar-refractivity contribution is 0.145. The van der Waals surface area contributed by atoms with Gasteiger partial charge in [0.1, 0.15) is 0 Å². The second-order valence-corrected chi connectivity index (χ2v) is 9.14. The van der Waals surface area contributed by atoms with Crippen molar-refractivity contribution in [3.8, 4) is 0 Å². The van der Waals surface area contributed by atoms with Gasteiger partial charge < -0.3 is 10.0 Å². The highest BCUT2D eigenvalue weighted by Gasteiger charge is 2.24. The van der Waals surface area contributed by atoms with Gasteiger partial charge in [0.05, 0.1) is 24.0 Å². The van der Waals surface area contributed by atoms with Crippen LogP contribution >= 0.6 is 0 Å². The van der Waals surface area contributed by atoms with Crippen LogP contribution in [0.15, 0.2) is 41.3 Å². The van der Waals surface area contributed by atoms with Crippen molar-refractivity contribution in [1.29, 1.82) is 0 Å². The number of likely N-dealkylation sites (tertiary alicyclic amines) is 1. The van der Waals surface area contributed by atoms with Gasteiger partial charge in [-0.3, -0.25) is 9.69 Å². The van der Waals surface area contributed by atoms with Gasteiger partial charge in [-0.2, -0.15) is 5.10 Å². The molecule has 2 aromatic rings. The maximum absolute atomic E-state index is 12.8. The van der Waals surface area contributed by atoms with E-state index >= 15 is 0 Å². The Kier molecular flexibility index (Phi) is 6.54. The van der Waals surface area contributed by atoms with Crippen LogP contribution in [0.25, 0.3) is 0 Å². The van der Waals surface area contributed by atoms with Crippen molar-refractivity contribution in [3.63, 3.8) is 0 Å². The summed E-state index contributed by atoms with van der Waals surface area (Å²) in [5.41, 5.74) is 3.55. The topological polar surface area (TPSA) is 61.6 Å².